The lowest BCUT2D eigenvalue weighted by atomic mass is 10.3. The fourth-order valence-corrected chi connectivity index (χ4v) is 1.63. The lowest BCUT2D eigenvalue weighted by Gasteiger charge is -2.06. The van der Waals surface area contributed by atoms with Gasteiger partial charge in [-0.2, -0.15) is 5.10 Å². The van der Waals surface area contributed by atoms with E-state index in [9.17, 15) is 0 Å². The van der Waals surface area contributed by atoms with Crippen molar-refractivity contribution in [2.24, 2.45) is 0 Å². The van der Waals surface area contributed by atoms with Crippen LogP contribution in [0, 0.1) is 0 Å². The molecule has 1 aromatic rings. The van der Waals surface area contributed by atoms with E-state index >= 15 is 0 Å². The van der Waals surface area contributed by atoms with Gasteiger partial charge in [0.25, 0.3) is 0 Å². The molecule has 2 N–H and O–H groups in total. The molecule has 1 aromatic heterocycles. The monoisotopic (exact) mass is 241 g/mol. The third kappa shape index (κ3) is 4.85. The Hall–Kier alpha value is -0.910. The fraction of sp³-hybridized carbons (Fsp3) is 0.750. The first-order valence-corrected chi connectivity index (χ1v) is 6.26. The van der Waals surface area contributed by atoms with E-state index in [1.54, 1.807) is 0 Å². The molecule has 0 spiro atoms. The van der Waals surface area contributed by atoms with Crippen molar-refractivity contribution in [1.29, 1.82) is 0 Å². The lowest BCUT2D eigenvalue weighted by molar-refractivity contribution is 0.0937. The number of hydrogen-bond donors (Lipinski definition) is 2. The molecule has 0 atom stereocenters. The highest BCUT2D eigenvalue weighted by atomic mass is 16.5. The molecule has 0 bridgehead atoms. The average molecular weight is 241 g/mol. The zero-order valence-electron chi connectivity index (χ0n) is 10.8. The van der Waals surface area contributed by atoms with Crippen LogP contribution in [0.2, 0.25) is 0 Å². The molecule has 5 nitrogen and oxygen atoms in total. The van der Waals surface area contributed by atoms with Crippen LogP contribution in [-0.2, 0) is 24.2 Å². The van der Waals surface area contributed by atoms with Gasteiger partial charge in [-0.15, -0.1) is 0 Å². The molecule has 0 fully saturated rings. The topological polar surface area (TPSA) is 59.3 Å². The Morgan fingerprint density at radius 1 is 1.41 bits per heavy atom. The minimum atomic E-state index is 0.0858. The maximum atomic E-state index is 8.54. The van der Waals surface area contributed by atoms with Gasteiger partial charge in [-0.05, 0) is 19.4 Å². The molecule has 0 radical (unpaired) electrons. The predicted molar refractivity (Wildman–Crippen MR) is 66.9 cm³/mol. The van der Waals surface area contributed by atoms with Crippen LogP contribution in [0.4, 0.5) is 0 Å². The second-order valence-electron chi connectivity index (χ2n) is 3.81. The van der Waals surface area contributed by atoms with Crippen molar-refractivity contribution >= 4 is 0 Å². The molecule has 98 valence electrons. The van der Waals surface area contributed by atoms with Crippen molar-refractivity contribution in [1.82, 2.24) is 15.1 Å². The highest BCUT2D eigenvalue weighted by Gasteiger charge is 2.04. The SMILES string of the molecule is CCc1cc(CNCCOCCO)n(CC)n1. The molecule has 0 amide bonds. The highest BCUT2D eigenvalue weighted by molar-refractivity contribution is 5.10. The summed E-state index contributed by atoms with van der Waals surface area (Å²) in [5, 5.41) is 16.3. The van der Waals surface area contributed by atoms with E-state index < -0.39 is 0 Å². The van der Waals surface area contributed by atoms with E-state index in [1.807, 2.05) is 4.68 Å². The number of aliphatic hydroxyl groups excluding tert-OH is 1. The highest BCUT2D eigenvalue weighted by Crippen LogP contribution is 2.05. The van der Waals surface area contributed by atoms with Gasteiger partial charge in [0, 0.05) is 19.6 Å². The van der Waals surface area contributed by atoms with Crippen LogP contribution in [0.15, 0.2) is 6.07 Å². The number of nitrogens with zero attached hydrogens (tertiary/aromatic N) is 2. The Bertz CT molecular complexity index is 313. The minimum absolute atomic E-state index is 0.0858. The largest absolute Gasteiger partial charge is 0.394 e. The molecule has 1 heterocycles. The summed E-state index contributed by atoms with van der Waals surface area (Å²) in [6.45, 7) is 7.83. The molecule has 0 saturated heterocycles. The van der Waals surface area contributed by atoms with Gasteiger partial charge in [-0.3, -0.25) is 4.68 Å². The Balaban J connectivity index is 2.28. The van der Waals surface area contributed by atoms with Crippen molar-refractivity contribution in [3.05, 3.63) is 17.5 Å². The quantitative estimate of drug-likeness (QED) is 0.620. The number of ether oxygens (including phenoxy) is 1. The van der Waals surface area contributed by atoms with Crippen LogP contribution >= 0.6 is 0 Å². The van der Waals surface area contributed by atoms with E-state index in [4.69, 9.17) is 9.84 Å². The van der Waals surface area contributed by atoms with Gasteiger partial charge in [0.15, 0.2) is 0 Å². The van der Waals surface area contributed by atoms with Gasteiger partial charge in [-0.1, -0.05) is 6.92 Å². The minimum Gasteiger partial charge on any atom is -0.394 e. The van der Waals surface area contributed by atoms with Crippen molar-refractivity contribution in [3.63, 3.8) is 0 Å². The smallest absolute Gasteiger partial charge is 0.0698 e. The van der Waals surface area contributed by atoms with E-state index in [2.05, 4.69) is 30.3 Å². The summed E-state index contributed by atoms with van der Waals surface area (Å²) in [4.78, 5) is 0. The summed E-state index contributed by atoms with van der Waals surface area (Å²) in [6.07, 6.45) is 0.972. The van der Waals surface area contributed by atoms with Crippen LogP contribution in [0.5, 0.6) is 0 Å². The van der Waals surface area contributed by atoms with Crippen molar-refractivity contribution in [2.75, 3.05) is 26.4 Å². The zero-order chi connectivity index (χ0) is 12.5. The standard InChI is InChI=1S/C12H23N3O2/c1-3-11-9-12(15(4-2)14-11)10-13-5-7-17-8-6-16/h9,13,16H,3-8,10H2,1-2H3. The molecule has 0 aliphatic rings. The summed E-state index contributed by atoms with van der Waals surface area (Å²) < 4.78 is 7.20. The average Bonchev–Trinajstić information content (AvgIpc) is 2.76. The number of aliphatic hydroxyl groups is 1. The van der Waals surface area contributed by atoms with E-state index in [0.717, 1.165) is 31.7 Å². The molecular formula is C12H23N3O2. The van der Waals surface area contributed by atoms with E-state index in [0.29, 0.717) is 13.2 Å². The zero-order valence-corrected chi connectivity index (χ0v) is 10.8. The van der Waals surface area contributed by atoms with Crippen LogP contribution < -0.4 is 5.32 Å². The summed E-state index contributed by atoms with van der Waals surface area (Å²) in [5.41, 5.74) is 2.35. The Morgan fingerprint density at radius 2 is 2.24 bits per heavy atom. The Morgan fingerprint density at radius 3 is 2.88 bits per heavy atom. The first-order chi connectivity index (χ1) is 8.31. The van der Waals surface area contributed by atoms with Gasteiger partial charge < -0.3 is 15.2 Å². The molecule has 0 saturated carbocycles. The first kappa shape index (κ1) is 14.2. The van der Waals surface area contributed by atoms with Crippen molar-refractivity contribution in [3.8, 4) is 0 Å². The van der Waals surface area contributed by atoms with E-state index in [-0.39, 0.29) is 6.61 Å². The lowest BCUT2D eigenvalue weighted by Crippen LogP contribution is -2.21. The Kier molecular flexibility index (Phi) is 6.84. The van der Waals surface area contributed by atoms with Gasteiger partial charge in [0.05, 0.1) is 31.2 Å². The normalized spacial score (nSPS) is 11.0. The molecule has 5 heteroatoms. The van der Waals surface area contributed by atoms with Gasteiger partial charge in [-0.25, -0.2) is 0 Å². The second-order valence-corrected chi connectivity index (χ2v) is 3.81. The number of aromatic nitrogens is 2. The summed E-state index contributed by atoms with van der Waals surface area (Å²) in [7, 11) is 0. The van der Waals surface area contributed by atoms with Crippen LogP contribution in [0.1, 0.15) is 25.2 Å². The molecule has 0 aliphatic carbocycles. The van der Waals surface area contributed by atoms with Gasteiger partial charge >= 0.3 is 0 Å². The second kappa shape index (κ2) is 8.22. The van der Waals surface area contributed by atoms with Gasteiger partial charge in [0.1, 0.15) is 0 Å². The van der Waals surface area contributed by atoms with Gasteiger partial charge in [0.2, 0.25) is 0 Å². The maximum Gasteiger partial charge on any atom is 0.0698 e. The number of nitrogens with one attached hydrogen (secondary N) is 1. The van der Waals surface area contributed by atoms with Crippen LogP contribution in [0.3, 0.4) is 0 Å². The third-order valence-electron chi connectivity index (χ3n) is 2.54. The van der Waals surface area contributed by atoms with Crippen LogP contribution in [-0.4, -0.2) is 41.3 Å². The summed E-state index contributed by atoms with van der Waals surface area (Å²) in [6, 6.07) is 2.14. The van der Waals surface area contributed by atoms with Crippen molar-refractivity contribution < 1.29 is 9.84 Å². The number of rotatable bonds is 9. The van der Waals surface area contributed by atoms with E-state index in [1.165, 1.54) is 5.69 Å². The molecule has 0 aromatic carbocycles. The Labute approximate surface area is 103 Å². The van der Waals surface area contributed by atoms with Crippen LogP contribution in [0.25, 0.3) is 0 Å². The molecule has 0 aliphatic heterocycles. The molecule has 1 rings (SSSR count). The molecule has 0 unspecified atom stereocenters. The summed E-state index contributed by atoms with van der Waals surface area (Å²) in [5.74, 6) is 0. The maximum absolute atomic E-state index is 8.54. The number of hydrogen-bond acceptors (Lipinski definition) is 4. The predicted octanol–water partition coefficient (Wildman–Crippen LogP) is 0.564. The summed E-state index contributed by atoms with van der Waals surface area (Å²) >= 11 is 0. The number of aryl methyl sites for hydroxylation is 2. The van der Waals surface area contributed by atoms with Crippen molar-refractivity contribution in [2.45, 2.75) is 33.4 Å². The fourth-order valence-electron chi connectivity index (χ4n) is 1.63. The molecule has 17 heavy (non-hydrogen) atoms. The third-order valence-corrected chi connectivity index (χ3v) is 2.54. The first-order valence-electron chi connectivity index (χ1n) is 6.26. The molecular weight excluding hydrogens is 218 g/mol.